The van der Waals surface area contributed by atoms with Gasteiger partial charge < -0.3 is 5.73 Å². The van der Waals surface area contributed by atoms with Crippen molar-refractivity contribution in [2.75, 3.05) is 19.6 Å². The van der Waals surface area contributed by atoms with Crippen molar-refractivity contribution in [1.29, 1.82) is 0 Å². The van der Waals surface area contributed by atoms with Gasteiger partial charge >= 0.3 is 0 Å². The summed E-state index contributed by atoms with van der Waals surface area (Å²) in [6, 6.07) is 0. The maximum Gasteiger partial charge on any atom is 0.0275 e. The molecule has 1 saturated heterocycles. The molecule has 11 heavy (non-hydrogen) atoms. The maximum atomic E-state index is 5.69. The molecule has 2 nitrogen and oxygen atoms in total. The van der Waals surface area contributed by atoms with Crippen LogP contribution in [0.15, 0.2) is 0 Å². The molecule has 1 atom stereocenters. The Labute approximate surface area is 69.8 Å². The lowest BCUT2D eigenvalue weighted by molar-refractivity contribution is 0.158. The van der Waals surface area contributed by atoms with E-state index in [1.807, 2.05) is 0 Å². The molecule has 0 aromatic rings. The minimum absolute atomic E-state index is 0.213. The fraction of sp³-hybridized carbons (Fsp3) is 1.00. The molecule has 0 spiro atoms. The SMILES string of the molecule is CC1CCN(C(C)(C)CN)C1. The van der Waals surface area contributed by atoms with E-state index >= 15 is 0 Å². The molecule has 1 heterocycles. The third-order valence-corrected chi connectivity index (χ3v) is 2.78. The van der Waals surface area contributed by atoms with Gasteiger partial charge in [0, 0.05) is 18.6 Å². The second kappa shape index (κ2) is 3.11. The van der Waals surface area contributed by atoms with E-state index in [1.165, 1.54) is 19.5 Å². The van der Waals surface area contributed by atoms with E-state index in [4.69, 9.17) is 5.73 Å². The van der Waals surface area contributed by atoms with Crippen molar-refractivity contribution >= 4 is 0 Å². The van der Waals surface area contributed by atoms with Gasteiger partial charge in [0.15, 0.2) is 0 Å². The second-order valence-electron chi connectivity index (χ2n) is 4.36. The molecular formula is C9H20N2. The lowest BCUT2D eigenvalue weighted by Crippen LogP contribution is -2.47. The predicted octanol–water partition coefficient (Wildman–Crippen LogP) is 1.07. The fourth-order valence-electron chi connectivity index (χ4n) is 1.61. The highest BCUT2D eigenvalue weighted by Crippen LogP contribution is 2.23. The van der Waals surface area contributed by atoms with Crippen molar-refractivity contribution in [1.82, 2.24) is 4.90 Å². The smallest absolute Gasteiger partial charge is 0.0275 e. The van der Waals surface area contributed by atoms with Gasteiger partial charge in [-0.3, -0.25) is 4.90 Å². The molecule has 0 amide bonds. The topological polar surface area (TPSA) is 29.3 Å². The van der Waals surface area contributed by atoms with Crippen LogP contribution in [0.3, 0.4) is 0 Å². The Morgan fingerprint density at radius 2 is 2.18 bits per heavy atom. The molecule has 2 N–H and O–H groups in total. The largest absolute Gasteiger partial charge is 0.329 e. The molecule has 0 aromatic heterocycles. The average molecular weight is 156 g/mol. The van der Waals surface area contributed by atoms with Crippen LogP contribution < -0.4 is 5.73 Å². The number of hydrogen-bond acceptors (Lipinski definition) is 2. The van der Waals surface area contributed by atoms with Crippen LogP contribution in [0, 0.1) is 5.92 Å². The number of nitrogens with two attached hydrogens (primary N) is 1. The van der Waals surface area contributed by atoms with Crippen LogP contribution in [0.5, 0.6) is 0 Å². The first-order valence-electron chi connectivity index (χ1n) is 4.51. The first kappa shape index (κ1) is 9.01. The van der Waals surface area contributed by atoms with Gasteiger partial charge in [-0.2, -0.15) is 0 Å². The summed E-state index contributed by atoms with van der Waals surface area (Å²) in [7, 11) is 0. The van der Waals surface area contributed by atoms with Crippen molar-refractivity contribution < 1.29 is 0 Å². The Kier molecular flexibility index (Phi) is 2.55. The Bertz CT molecular complexity index is 132. The van der Waals surface area contributed by atoms with Crippen molar-refractivity contribution in [2.24, 2.45) is 11.7 Å². The Balaban J connectivity index is 2.48. The minimum Gasteiger partial charge on any atom is -0.329 e. The van der Waals surface area contributed by atoms with Crippen LogP contribution in [0.4, 0.5) is 0 Å². The van der Waals surface area contributed by atoms with Crippen LogP contribution in [-0.4, -0.2) is 30.1 Å². The zero-order valence-electron chi connectivity index (χ0n) is 7.93. The summed E-state index contributed by atoms with van der Waals surface area (Å²) in [5.41, 5.74) is 5.90. The van der Waals surface area contributed by atoms with Crippen LogP contribution in [0.2, 0.25) is 0 Å². The Morgan fingerprint density at radius 3 is 2.55 bits per heavy atom. The third-order valence-electron chi connectivity index (χ3n) is 2.78. The van der Waals surface area contributed by atoms with Crippen LogP contribution in [0.25, 0.3) is 0 Å². The van der Waals surface area contributed by atoms with Gasteiger partial charge in [0.25, 0.3) is 0 Å². The number of rotatable bonds is 2. The van der Waals surface area contributed by atoms with E-state index in [-0.39, 0.29) is 5.54 Å². The van der Waals surface area contributed by atoms with Crippen molar-refractivity contribution in [3.63, 3.8) is 0 Å². The summed E-state index contributed by atoms with van der Waals surface area (Å²) in [4.78, 5) is 2.50. The van der Waals surface area contributed by atoms with Crippen LogP contribution in [0.1, 0.15) is 27.2 Å². The Morgan fingerprint density at radius 1 is 1.55 bits per heavy atom. The molecule has 0 aromatic carbocycles. The van der Waals surface area contributed by atoms with E-state index in [9.17, 15) is 0 Å². The third kappa shape index (κ3) is 1.94. The number of likely N-dealkylation sites (tertiary alicyclic amines) is 1. The van der Waals surface area contributed by atoms with Gasteiger partial charge in [-0.1, -0.05) is 6.92 Å². The highest BCUT2D eigenvalue weighted by molar-refractivity contribution is 4.87. The Hall–Kier alpha value is -0.0800. The molecule has 0 radical (unpaired) electrons. The van der Waals surface area contributed by atoms with Gasteiger partial charge in [0.05, 0.1) is 0 Å². The van der Waals surface area contributed by atoms with Gasteiger partial charge in [-0.25, -0.2) is 0 Å². The lowest BCUT2D eigenvalue weighted by atomic mass is 10.0. The van der Waals surface area contributed by atoms with E-state index in [2.05, 4.69) is 25.7 Å². The molecule has 2 heteroatoms. The average Bonchev–Trinajstić information content (AvgIpc) is 2.36. The van der Waals surface area contributed by atoms with Crippen LogP contribution in [-0.2, 0) is 0 Å². The molecule has 1 aliphatic heterocycles. The molecule has 0 bridgehead atoms. The summed E-state index contributed by atoms with van der Waals surface area (Å²) in [5.74, 6) is 0.862. The summed E-state index contributed by atoms with van der Waals surface area (Å²) in [6.07, 6.45) is 1.34. The minimum atomic E-state index is 0.213. The zero-order valence-corrected chi connectivity index (χ0v) is 7.93. The molecule has 1 fully saturated rings. The molecule has 1 aliphatic rings. The number of nitrogens with zero attached hydrogens (tertiary/aromatic N) is 1. The molecule has 1 unspecified atom stereocenters. The predicted molar refractivity (Wildman–Crippen MR) is 48.5 cm³/mol. The lowest BCUT2D eigenvalue weighted by Gasteiger charge is -2.34. The van der Waals surface area contributed by atoms with Crippen molar-refractivity contribution in [3.05, 3.63) is 0 Å². The van der Waals surface area contributed by atoms with Gasteiger partial charge in [0.2, 0.25) is 0 Å². The summed E-state index contributed by atoms with van der Waals surface area (Å²) in [5, 5.41) is 0. The van der Waals surface area contributed by atoms with Crippen molar-refractivity contribution in [3.8, 4) is 0 Å². The monoisotopic (exact) mass is 156 g/mol. The maximum absolute atomic E-state index is 5.69. The van der Waals surface area contributed by atoms with Gasteiger partial charge in [-0.05, 0) is 32.7 Å². The molecule has 0 aliphatic carbocycles. The van der Waals surface area contributed by atoms with E-state index in [0.717, 1.165) is 12.5 Å². The normalized spacial score (nSPS) is 27.8. The standard InChI is InChI=1S/C9H20N2/c1-8-4-5-11(6-8)9(2,3)7-10/h8H,4-7,10H2,1-3H3. The quantitative estimate of drug-likeness (QED) is 0.648. The highest BCUT2D eigenvalue weighted by Gasteiger charge is 2.30. The second-order valence-corrected chi connectivity index (χ2v) is 4.36. The number of hydrogen-bond donors (Lipinski definition) is 1. The van der Waals surface area contributed by atoms with E-state index < -0.39 is 0 Å². The fourth-order valence-corrected chi connectivity index (χ4v) is 1.61. The van der Waals surface area contributed by atoms with Crippen LogP contribution >= 0.6 is 0 Å². The molecule has 1 rings (SSSR count). The summed E-state index contributed by atoms with van der Waals surface area (Å²) >= 11 is 0. The first-order valence-corrected chi connectivity index (χ1v) is 4.51. The van der Waals surface area contributed by atoms with Gasteiger partial charge in [0.1, 0.15) is 0 Å². The van der Waals surface area contributed by atoms with Crippen molar-refractivity contribution in [2.45, 2.75) is 32.7 Å². The zero-order chi connectivity index (χ0) is 8.48. The first-order chi connectivity index (χ1) is 5.06. The molecule has 66 valence electrons. The molecule has 0 saturated carbocycles. The van der Waals surface area contributed by atoms with E-state index in [1.54, 1.807) is 0 Å². The summed E-state index contributed by atoms with van der Waals surface area (Å²) < 4.78 is 0. The van der Waals surface area contributed by atoms with E-state index in [0.29, 0.717) is 0 Å². The van der Waals surface area contributed by atoms with Gasteiger partial charge in [-0.15, -0.1) is 0 Å². The highest BCUT2D eigenvalue weighted by atomic mass is 15.2. The molecular weight excluding hydrogens is 136 g/mol. The summed E-state index contributed by atoms with van der Waals surface area (Å²) in [6.45, 7) is 9.98.